The summed E-state index contributed by atoms with van der Waals surface area (Å²) < 4.78 is 30.2. The predicted octanol–water partition coefficient (Wildman–Crippen LogP) is 1.63. The summed E-state index contributed by atoms with van der Waals surface area (Å²) in [5, 5.41) is 0. The van der Waals surface area contributed by atoms with Crippen LogP contribution in [0.1, 0.15) is 25.3 Å². The quantitative estimate of drug-likeness (QED) is 0.622. The number of aryl methyl sites for hydroxylation is 1. The third kappa shape index (κ3) is 4.85. The first-order valence-corrected chi connectivity index (χ1v) is 6.04. The van der Waals surface area contributed by atoms with E-state index < -0.39 is 10.1 Å². The zero-order valence-corrected chi connectivity index (χ0v) is 8.92. The molecule has 0 spiro atoms. The SMILES string of the molecule is CCCCc1ccc(S(=O)(=O)O)cc1.[LiH]. The van der Waals surface area contributed by atoms with Gasteiger partial charge >= 0.3 is 18.9 Å². The van der Waals surface area contributed by atoms with E-state index in [4.69, 9.17) is 4.55 Å². The maximum atomic E-state index is 10.7. The molecule has 0 aliphatic rings. The fraction of sp³-hybridized carbons (Fsp3) is 0.400. The van der Waals surface area contributed by atoms with Crippen LogP contribution in [0.2, 0.25) is 0 Å². The van der Waals surface area contributed by atoms with Crippen LogP contribution in [0.15, 0.2) is 29.2 Å². The van der Waals surface area contributed by atoms with Crippen molar-refractivity contribution in [2.24, 2.45) is 0 Å². The molecule has 1 aromatic rings. The van der Waals surface area contributed by atoms with Crippen LogP contribution in [0.3, 0.4) is 0 Å². The first-order valence-electron chi connectivity index (χ1n) is 4.60. The monoisotopic (exact) mass is 222 g/mol. The van der Waals surface area contributed by atoms with E-state index in [2.05, 4.69) is 6.92 Å². The van der Waals surface area contributed by atoms with Gasteiger partial charge in [0.2, 0.25) is 0 Å². The summed E-state index contributed by atoms with van der Waals surface area (Å²) in [7, 11) is -4.04. The summed E-state index contributed by atoms with van der Waals surface area (Å²) >= 11 is 0. The van der Waals surface area contributed by atoms with Gasteiger partial charge in [0, 0.05) is 0 Å². The number of unbranched alkanes of at least 4 members (excludes halogenated alkanes) is 1. The predicted molar refractivity (Wildman–Crippen MR) is 62.0 cm³/mol. The summed E-state index contributed by atoms with van der Waals surface area (Å²) in [6.07, 6.45) is 3.15. The summed E-state index contributed by atoms with van der Waals surface area (Å²) in [6.45, 7) is 2.10. The van der Waals surface area contributed by atoms with Crippen LogP contribution in [-0.2, 0) is 16.5 Å². The van der Waals surface area contributed by atoms with E-state index in [9.17, 15) is 8.42 Å². The second-order valence-electron chi connectivity index (χ2n) is 3.22. The topological polar surface area (TPSA) is 54.4 Å². The summed E-state index contributed by atoms with van der Waals surface area (Å²) in [4.78, 5) is -0.0438. The number of hydrogen-bond acceptors (Lipinski definition) is 2. The van der Waals surface area contributed by atoms with Crippen LogP contribution < -0.4 is 0 Å². The Morgan fingerprint density at radius 1 is 1.20 bits per heavy atom. The van der Waals surface area contributed by atoms with Crippen molar-refractivity contribution in [3.05, 3.63) is 29.8 Å². The van der Waals surface area contributed by atoms with Gasteiger partial charge in [0.15, 0.2) is 0 Å². The van der Waals surface area contributed by atoms with E-state index in [-0.39, 0.29) is 23.8 Å². The molecule has 0 unspecified atom stereocenters. The first-order chi connectivity index (χ1) is 6.54. The van der Waals surface area contributed by atoms with Gasteiger partial charge in [-0.05, 0) is 30.5 Å². The van der Waals surface area contributed by atoms with E-state index in [1.54, 1.807) is 12.1 Å². The Labute approximate surface area is 103 Å². The van der Waals surface area contributed by atoms with E-state index in [0.717, 1.165) is 24.8 Å². The van der Waals surface area contributed by atoms with Gasteiger partial charge < -0.3 is 0 Å². The molecule has 1 aromatic carbocycles. The van der Waals surface area contributed by atoms with Crippen molar-refractivity contribution in [3.8, 4) is 0 Å². The summed E-state index contributed by atoms with van der Waals surface area (Å²) in [5.41, 5.74) is 1.10. The van der Waals surface area contributed by atoms with E-state index in [0.29, 0.717) is 0 Å². The van der Waals surface area contributed by atoms with Crippen molar-refractivity contribution < 1.29 is 13.0 Å². The maximum absolute atomic E-state index is 10.7. The molecular weight excluding hydrogens is 207 g/mol. The molecule has 0 aromatic heterocycles. The normalized spacial score (nSPS) is 10.8. The Morgan fingerprint density at radius 3 is 2.13 bits per heavy atom. The summed E-state index contributed by atoms with van der Waals surface area (Å²) in [6, 6.07) is 6.33. The molecule has 3 nitrogen and oxygen atoms in total. The minimum atomic E-state index is -4.04. The van der Waals surface area contributed by atoms with Crippen molar-refractivity contribution in [2.45, 2.75) is 31.1 Å². The second kappa shape index (κ2) is 6.34. The second-order valence-corrected chi connectivity index (χ2v) is 4.64. The molecule has 1 N–H and O–H groups in total. The molecule has 0 heterocycles. The zero-order chi connectivity index (χ0) is 10.6. The third-order valence-corrected chi connectivity index (χ3v) is 2.91. The Balaban J connectivity index is 0.00000196. The molecule has 80 valence electrons. The van der Waals surface area contributed by atoms with Crippen molar-refractivity contribution in [1.82, 2.24) is 0 Å². The van der Waals surface area contributed by atoms with Gasteiger partial charge in [-0.15, -0.1) is 0 Å². The van der Waals surface area contributed by atoms with Gasteiger partial charge in [0.05, 0.1) is 4.90 Å². The fourth-order valence-electron chi connectivity index (χ4n) is 1.21. The van der Waals surface area contributed by atoms with Crippen LogP contribution in [-0.4, -0.2) is 31.8 Å². The average Bonchev–Trinajstić information content (AvgIpc) is 2.14. The Morgan fingerprint density at radius 2 is 1.73 bits per heavy atom. The van der Waals surface area contributed by atoms with E-state index in [1.165, 1.54) is 12.1 Å². The van der Waals surface area contributed by atoms with Crippen LogP contribution >= 0.6 is 0 Å². The Bertz CT molecular complexity index is 384. The number of hydrogen-bond donors (Lipinski definition) is 1. The Kier molecular flexibility index (Phi) is 6.23. The van der Waals surface area contributed by atoms with E-state index >= 15 is 0 Å². The number of rotatable bonds is 4. The van der Waals surface area contributed by atoms with Crippen molar-refractivity contribution >= 4 is 29.0 Å². The van der Waals surface area contributed by atoms with Gasteiger partial charge in [-0.2, -0.15) is 8.42 Å². The fourth-order valence-corrected chi connectivity index (χ4v) is 1.69. The molecule has 0 aliphatic heterocycles. The molecule has 5 heteroatoms. The average molecular weight is 222 g/mol. The summed E-state index contributed by atoms with van der Waals surface area (Å²) in [5.74, 6) is 0. The van der Waals surface area contributed by atoms with Crippen LogP contribution in [0.25, 0.3) is 0 Å². The van der Waals surface area contributed by atoms with E-state index in [1.807, 2.05) is 0 Å². The van der Waals surface area contributed by atoms with Crippen LogP contribution in [0, 0.1) is 0 Å². The molecule has 15 heavy (non-hydrogen) atoms. The molecule has 0 aliphatic carbocycles. The Hall–Kier alpha value is -0.273. The van der Waals surface area contributed by atoms with Crippen LogP contribution in [0.4, 0.5) is 0 Å². The minimum absolute atomic E-state index is 0. The van der Waals surface area contributed by atoms with Gasteiger partial charge in [-0.25, -0.2) is 0 Å². The zero-order valence-electron chi connectivity index (χ0n) is 8.10. The van der Waals surface area contributed by atoms with Crippen molar-refractivity contribution in [2.75, 3.05) is 0 Å². The molecule has 0 atom stereocenters. The van der Waals surface area contributed by atoms with Gasteiger partial charge in [-0.3, -0.25) is 4.55 Å². The third-order valence-electron chi connectivity index (χ3n) is 2.04. The van der Waals surface area contributed by atoms with Gasteiger partial charge in [0.1, 0.15) is 0 Å². The van der Waals surface area contributed by atoms with Crippen LogP contribution in [0.5, 0.6) is 0 Å². The molecule has 0 saturated heterocycles. The molecule has 0 fully saturated rings. The molecular formula is C10H15LiO3S. The van der Waals surface area contributed by atoms with Crippen molar-refractivity contribution in [1.29, 1.82) is 0 Å². The molecule has 0 saturated carbocycles. The molecule has 0 amide bonds. The standard InChI is InChI=1S/C10H14O3S.Li.H/c1-2-3-4-9-5-7-10(8-6-9)14(11,12)13;;/h5-8H,2-4H2,1H3,(H,11,12,13);;. The molecule has 0 radical (unpaired) electrons. The van der Waals surface area contributed by atoms with Gasteiger partial charge in [-0.1, -0.05) is 25.5 Å². The molecule has 0 bridgehead atoms. The van der Waals surface area contributed by atoms with Gasteiger partial charge in [0.25, 0.3) is 10.1 Å². The molecule has 1 rings (SSSR count). The first kappa shape index (κ1) is 14.7. The van der Waals surface area contributed by atoms with Crippen molar-refractivity contribution in [3.63, 3.8) is 0 Å². The number of benzene rings is 1.